The number of benzene rings is 1. The standard InChI is InChI=1S/C45H59NO16/c1-21(2)19-27(46-39(54)61-41(6,7)8)30(50)38(53)57-31-22(3)29-32(56-23(4)47)34(51)43(11)28(49)20-26-17-18-44(26,60-24(5)48)33(43)36(58-37(52)25-15-13-12-14-16-25)45(42(29,9)10)35(31)59-40(55)62-45/h12-16,21,26-28,30-33,35-36,49-50H,17-20H2,1-11H3,(H,46,54)/t26-,27+,28+,30-,31-,32-,33+,35+,36+,43-,44+,45-/m1/s1. The van der Waals surface area contributed by atoms with Gasteiger partial charge in [-0.25, -0.2) is 19.2 Å². The van der Waals surface area contributed by atoms with E-state index in [1.165, 1.54) is 32.9 Å². The number of nitrogens with one attached hydrogen (secondary N) is 1. The van der Waals surface area contributed by atoms with Crippen LogP contribution in [0.3, 0.4) is 0 Å². The van der Waals surface area contributed by atoms with Gasteiger partial charge in [-0.05, 0) is 89.5 Å². The van der Waals surface area contributed by atoms with E-state index in [9.17, 15) is 39.0 Å². The van der Waals surface area contributed by atoms with Gasteiger partial charge in [0.1, 0.15) is 11.2 Å². The highest BCUT2D eigenvalue weighted by molar-refractivity contribution is 5.96. The third kappa shape index (κ3) is 7.62. The fourth-order valence-corrected chi connectivity index (χ4v) is 10.9. The van der Waals surface area contributed by atoms with E-state index < -0.39 is 124 Å². The van der Waals surface area contributed by atoms with E-state index in [1.54, 1.807) is 66.7 Å². The Kier molecular flexibility index (Phi) is 12.2. The Bertz CT molecular complexity index is 2040. The van der Waals surface area contributed by atoms with Crippen LogP contribution in [0, 0.1) is 28.6 Å². The van der Waals surface area contributed by atoms with E-state index in [0.717, 1.165) is 6.92 Å². The van der Waals surface area contributed by atoms with Gasteiger partial charge in [-0.1, -0.05) is 45.9 Å². The first kappa shape index (κ1) is 46.5. The lowest BCUT2D eigenvalue weighted by atomic mass is 9.40. The molecule has 1 amide bonds. The molecular weight excluding hydrogens is 810 g/mol. The largest absolute Gasteiger partial charge is 0.509 e. The van der Waals surface area contributed by atoms with Crippen LogP contribution < -0.4 is 5.32 Å². The summed E-state index contributed by atoms with van der Waals surface area (Å²) in [7, 11) is 0. The summed E-state index contributed by atoms with van der Waals surface area (Å²) in [5.41, 5.74) is -8.49. The Balaban J connectivity index is 1.61. The molecule has 3 N–H and O–H groups in total. The average Bonchev–Trinajstić information content (AvgIpc) is 3.52. The molecule has 0 aromatic heterocycles. The molecule has 0 radical (unpaired) electrons. The number of carbonyl (C=O) groups excluding carboxylic acids is 7. The smallest absolute Gasteiger partial charge is 0.458 e. The summed E-state index contributed by atoms with van der Waals surface area (Å²) < 4.78 is 42.5. The summed E-state index contributed by atoms with van der Waals surface area (Å²) in [4.78, 5) is 97.5. The number of carbonyl (C=O) groups is 7. The van der Waals surface area contributed by atoms with Crippen molar-refractivity contribution in [1.29, 1.82) is 0 Å². The molecule has 5 aliphatic rings. The number of alkyl carbamates (subject to hydrolysis) is 1. The van der Waals surface area contributed by atoms with Crippen LogP contribution in [-0.4, -0.2) is 112 Å². The lowest BCUT2D eigenvalue weighted by molar-refractivity contribution is -0.296. The van der Waals surface area contributed by atoms with E-state index in [1.807, 2.05) is 0 Å². The maximum absolute atomic E-state index is 15.6. The highest BCUT2D eigenvalue weighted by Crippen LogP contribution is 2.69. The number of Topliss-reactive ketones (excluding diaryl/α,β-unsaturated/α-hetero) is 1. The van der Waals surface area contributed by atoms with Gasteiger partial charge < -0.3 is 48.7 Å². The normalized spacial score (nSPS) is 34.2. The number of hydrogen-bond acceptors (Lipinski definition) is 16. The minimum Gasteiger partial charge on any atom is -0.458 e. The number of ketones is 1. The Morgan fingerprint density at radius 2 is 1.61 bits per heavy atom. The maximum Gasteiger partial charge on any atom is 0.509 e. The molecule has 17 heteroatoms. The summed E-state index contributed by atoms with van der Waals surface area (Å²) in [6.45, 7) is 16.9. The van der Waals surface area contributed by atoms with Crippen molar-refractivity contribution < 1.29 is 76.9 Å². The highest BCUT2D eigenvalue weighted by atomic mass is 16.8. The number of rotatable bonds is 10. The van der Waals surface area contributed by atoms with Gasteiger partial charge in [-0.2, -0.15) is 0 Å². The molecule has 1 aromatic carbocycles. The van der Waals surface area contributed by atoms with Crippen LogP contribution in [0.2, 0.25) is 0 Å². The summed E-state index contributed by atoms with van der Waals surface area (Å²) in [5.74, 6) is -6.96. The molecule has 1 aliphatic heterocycles. The first-order valence-electron chi connectivity index (χ1n) is 21.1. The van der Waals surface area contributed by atoms with Crippen molar-refractivity contribution in [2.75, 3.05) is 0 Å². The van der Waals surface area contributed by atoms with Crippen LogP contribution in [0.4, 0.5) is 9.59 Å². The van der Waals surface area contributed by atoms with Gasteiger partial charge in [0.15, 0.2) is 36.3 Å². The second-order valence-corrected chi connectivity index (χ2v) is 19.4. The fourth-order valence-electron chi connectivity index (χ4n) is 10.9. The topological polar surface area (TPSA) is 237 Å². The Hall–Kier alpha value is -5.03. The summed E-state index contributed by atoms with van der Waals surface area (Å²) >= 11 is 0. The molecule has 6 rings (SSSR count). The summed E-state index contributed by atoms with van der Waals surface area (Å²) in [6, 6.07) is 6.59. The third-order valence-corrected chi connectivity index (χ3v) is 13.5. The van der Waals surface area contributed by atoms with Gasteiger partial charge in [-0.15, -0.1) is 0 Å². The van der Waals surface area contributed by atoms with Gasteiger partial charge in [0.2, 0.25) is 5.60 Å². The molecular formula is C45H59NO16. The number of aliphatic hydroxyl groups is 2. The van der Waals surface area contributed by atoms with Crippen molar-refractivity contribution in [2.45, 2.75) is 161 Å². The van der Waals surface area contributed by atoms with Crippen LogP contribution in [0.25, 0.3) is 0 Å². The van der Waals surface area contributed by atoms with E-state index in [-0.39, 0.29) is 41.9 Å². The first-order chi connectivity index (χ1) is 28.7. The molecule has 3 saturated carbocycles. The summed E-state index contributed by atoms with van der Waals surface area (Å²) in [6.07, 6.45) is -12.2. The molecule has 4 fully saturated rings. The Labute approximate surface area is 360 Å². The van der Waals surface area contributed by atoms with Gasteiger partial charge in [0.25, 0.3) is 0 Å². The van der Waals surface area contributed by atoms with Crippen molar-refractivity contribution >= 4 is 41.9 Å². The molecule has 2 bridgehead atoms. The number of esters is 4. The zero-order valence-electron chi connectivity index (χ0n) is 37.1. The average molecular weight is 870 g/mol. The number of amides is 1. The SMILES string of the molecule is CC(=O)O[C@H]1C(=O)[C@@]2(C)[C@H]([C@H](OC(=O)c3ccccc3)[C@]34OC(=O)O[C@H]3[C@H](OC(=O)[C@H](O)[C@H](CC(C)C)NC(=O)OC(C)(C)C)C(C)=C1C4(C)C)[C@]1(OC(C)=O)CC[C@@H]1C[C@@H]2O. The van der Waals surface area contributed by atoms with Crippen LogP contribution in [-0.2, 0) is 52.3 Å². The lowest BCUT2D eigenvalue weighted by Crippen LogP contribution is -2.80. The second-order valence-electron chi connectivity index (χ2n) is 19.4. The molecule has 4 aliphatic carbocycles. The Morgan fingerprint density at radius 1 is 0.968 bits per heavy atom. The van der Waals surface area contributed by atoms with Crippen LogP contribution in [0.15, 0.2) is 41.5 Å². The zero-order chi connectivity index (χ0) is 46.1. The minimum atomic E-state index is -2.30. The molecule has 62 heavy (non-hydrogen) atoms. The van der Waals surface area contributed by atoms with Crippen LogP contribution >= 0.6 is 0 Å². The third-order valence-electron chi connectivity index (χ3n) is 13.5. The predicted molar refractivity (Wildman–Crippen MR) is 215 cm³/mol. The maximum atomic E-state index is 15.6. The van der Waals surface area contributed by atoms with Crippen molar-refractivity contribution in [1.82, 2.24) is 5.32 Å². The van der Waals surface area contributed by atoms with Crippen molar-refractivity contribution in [2.24, 2.45) is 28.6 Å². The fraction of sp³-hybridized carbons (Fsp3) is 0.667. The number of aliphatic hydroxyl groups excluding tert-OH is 2. The van der Waals surface area contributed by atoms with E-state index >= 15 is 4.79 Å². The van der Waals surface area contributed by atoms with Crippen molar-refractivity contribution in [3.8, 4) is 0 Å². The molecule has 1 saturated heterocycles. The quantitative estimate of drug-likeness (QED) is 0.165. The predicted octanol–water partition coefficient (Wildman–Crippen LogP) is 4.67. The second kappa shape index (κ2) is 16.3. The van der Waals surface area contributed by atoms with E-state index in [2.05, 4.69) is 5.32 Å². The number of ether oxygens (including phenoxy) is 7. The lowest BCUT2D eigenvalue weighted by Gasteiger charge is -2.68. The summed E-state index contributed by atoms with van der Waals surface area (Å²) in [5, 5.41) is 26.4. The van der Waals surface area contributed by atoms with Gasteiger partial charge >= 0.3 is 36.1 Å². The van der Waals surface area contributed by atoms with Gasteiger partial charge in [0, 0.05) is 25.2 Å². The number of fused-ring (bicyclic) bond motifs is 4. The monoisotopic (exact) mass is 869 g/mol. The van der Waals surface area contributed by atoms with Crippen molar-refractivity contribution in [3.63, 3.8) is 0 Å². The highest BCUT2D eigenvalue weighted by Gasteiger charge is 2.82. The molecule has 1 heterocycles. The van der Waals surface area contributed by atoms with Gasteiger partial charge in [0.05, 0.1) is 29.0 Å². The van der Waals surface area contributed by atoms with E-state index in [4.69, 9.17) is 33.2 Å². The minimum absolute atomic E-state index is 0.0185. The van der Waals surface area contributed by atoms with Crippen molar-refractivity contribution in [3.05, 3.63) is 47.0 Å². The van der Waals surface area contributed by atoms with Crippen LogP contribution in [0.1, 0.15) is 112 Å². The van der Waals surface area contributed by atoms with E-state index in [0.29, 0.717) is 6.42 Å². The molecule has 1 aromatic rings. The molecule has 17 nitrogen and oxygen atoms in total. The molecule has 12 atom stereocenters. The molecule has 340 valence electrons. The van der Waals surface area contributed by atoms with Crippen LogP contribution in [0.5, 0.6) is 0 Å². The Morgan fingerprint density at radius 3 is 2.16 bits per heavy atom. The molecule has 0 unspecified atom stereocenters. The zero-order valence-corrected chi connectivity index (χ0v) is 37.1. The number of hydrogen-bond donors (Lipinski definition) is 3. The van der Waals surface area contributed by atoms with Gasteiger partial charge in [-0.3, -0.25) is 14.4 Å². The molecule has 1 spiro atoms. The first-order valence-corrected chi connectivity index (χ1v) is 21.1.